The summed E-state index contributed by atoms with van der Waals surface area (Å²) in [5, 5.41) is 0.641. The quantitative estimate of drug-likeness (QED) is 0.427. The second-order valence-electron chi connectivity index (χ2n) is 7.31. The summed E-state index contributed by atoms with van der Waals surface area (Å²) in [7, 11) is 0. The minimum atomic E-state index is -0.329. The zero-order valence-electron chi connectivity index (χ0n) is 17.2. The molecule has 1 aromatic heterocycles. The fraction of sp³-hybridized carbons (Fsp3) is 0.292. The molecular formula is C24H26ClNO3. The number of esters is 1. The standard InChI is InChI=1S/C24H26ClNO3/c1-5-28-24(27)18-7-6-8-20(13-18)26-17(4)9-11-22(26)21-14-19(25)10-12-23(21)29-15-16(2)3/h6-14,16H,5,15H2,1-4H3. The van der Waals surface area contributed by atoms with Gasteiger partial charge in [-0.25, -0.2) is 4.79 Å². The van der Waals surface area contributed by atoms with Gasteiger partial charge >= 0.3 is 5.97 Å². The molecule has 0 amide bonds. The maximum Gasteiger partial charge on any atom is 0.338 e. The van der Waals surface area contributed by atoms with Crippen LogP contribution < -0.4 is 4.74 Å². The number of halogens is 1. The van der Waals surface area contributed by atoms with Gasteiger partial charge in [-0.3, -0.25) is 0 Å². The van der Waals surface area contributed by atoms with Crippen LogP contribution in [0, 0.1) is 12.8 Å². The Hall–Kier alpha value is -2.72. The third kappa shape index (κ3) is 4.83. The molecule has 0 bridgehead atoms. The molecule has 0 aliphatic carbocycles. The van der Waals surface area contributed by atoms with Crippen LogP contribution >= 0.6 is 11.6 Å². The summed E-state index contributed by atoms with van der Waals surface area (Å²) in [4.78, 5) is 12.2. The molecule has 0 aliphatic rings. The summed E-state index contributed by atoms with van der Waals surface area (Å²) >= 11 is 6.31. The van der Waals surface area contributed by atoms with E-state index < -0.39 is 0 Å². The number of rotatable bonds is 7. The van der Waals surface area contributed by atoms with Crippen molar-refractivity contribution in [3.05, 3.63) is 70.9 Å². The van der Waals surface area contributed by atoms with E-state index in [2.05, 4.69) is 18.4 Å². The number of nitrogens with zero attached hydrogens (tertiary/aromatic N) is 1. The Morgan fingerprint density at radius 2 is 1.90 bits per heavy atom. The molecule has 0 spiro atoms. The molecular weight excluding hydrogens is 386 g/mol. The fourth-order valence-corrected chi connectivity index (χ4v) is 3.33. The van der Waals surface area contributed by atoms with E-state index in [-0.39, 0.29) is 5.97 Å². The van der Waals surface area contributed by atoms with Crippen LogP contribution in [0.5, 0.6) is 5.75 Å². The summed E-state index contributed by atoms with van der Waals surface area (Å²) in [6, 6.07) is 17.2. The Morgan fingerprint density at radius 1 is 1.10 bits per heavy atom. The van der Waals surface area contributed by atoms with E-state index in [9.17, 15) is 4.79 Å². The number of benzene rings is 2. The maximum absolute atomic E-state index is 12.2. The van der Waals surface area contributed by atoms with Gasteiger partial charge in [0.2, 0.25) is 0 Å². The molecule has 152 valence electrons. The molecule has 0 atom stereocenters. The normalized spacial score (nSPS) is 11.0. The molecule has 1 heterocycles. The van der Waals surface area contributed by atoms with Gasteiger partial charge in [-0.15, -0.1) is 0 Å². The summed E-state index contributed by atoms with van der Waals surface area (Å²) in [5.74, 6) is 0.863. The number of hydrogen-bond donors (Lipinski definition) is 0. The van der Waals surface area contributed by atoms with Gasteiger partial charge in [-0.05, 0) is 68.3 Å². The minimum absolute atomic E-state index is 0.329. The fourth-order valence-electron chi connectivity index (χ4n) is 3.16. The highest BCUT2D eigenvalue weighted by molar-refractivity contribution is 6.31. The summed E-state index contributed by atoms with van der Waals surface area (Å²) < 4.78 is 13.3. The van der Waals surface area contributed by atoms with Crippen molar-refractivity contribution in [3.8, 4) is 22.7 Å². The first-order valence-electron chi connectivity index (χ1n) is 9.79. The van der Waals surface area contributed by atoms with Crippen molar-refractivity contribution >= 4 is 17.6 Å². The molecule has 3 aromatic rings. The topological polar surface area (TPSA) is 40.5 Å². The number of aromatic nitrogens is 1. The third-order valence-electron chi connectivity index (χ3n) is 4.48. The van der Waals surface area contributed by atoms with E-state index in [0.717, 1.165) is 28.4 Å². The van der Waals surface area contributed by atoms with Gasteiger partial charge in [0.15, 0.2) is 0 Å². The minimum Gasteiger partial charge on any atom is -0.493 e. The van der Waals surface area contributed by atoms with Crippen LogP contribution in [0.15, 0.2) is 54.6 Å². The molecule has 2 aromatic carbocycles. The zero-order valence-corrected chi connectivity index (χ0v) is 18.0. The SMILES string of the molecule is CCOC(=O)c1cccc(-n2c(C)ccc2-c2cc(Cl)ccc2OCC(C)C)c1. The zero-order chi connectivity index (χ0) is 21.0. The highest BCUT2D eigenvalue weighted by atomic mass is 35.5. The second kappa shape index (κ2) is 9.19. The molecule has 0 aliphatic heterocycles. The second-order valence-corrected chi connectivity index (χ2v) is 7.75. The Morgan fingerprint density at radius 3 is 2.62 bits per heavy atom. The molecule has 0 N–H and O–H groups in total. The van der Waals surface area contributed by atoms with E-state index in [0.29, 0.717) is 29.7 Å². The highest BCUT2D eigenvalue weighted by Gasteiger charge is 2.16. The smallest absolute Gasteiger partial charge is 0.338 e. The van der Waals surface area contributed by atoms with Crippen LogP contribution in [0.2, 0.25) is 5.02 Å². The lowest BCUT2D eigenvalue weighted by molar-refractivity contribution is 0.0526. The Bertz CT molecular complexity index is 1010. The van der Waals surface area contributed by atoms with Crippen LogP contribution in [-0.2, 0) is 4.74 Å². The summed E-state index contributed by atoms with van der Waals surface area (Å²) in [6.07, 6.45) is 0. The van der Waals surface area contributed by atoms with Crippen molar-refractivity contribution in [1.29, 1.82) is 0 Å². The molecule has 0 fully saturated rings. The van der Waals surface area contributed by atoms with E-state index in [1.165, 1.54) is 0 Å². The molecule has 3 rings (SSSR count). The van der Waals surface area contributed by atoms with Gasteiger partial charge in [-0.2, -0.15) is 0 Å². The van der Waals surface area contributed by atoms with E-state index >= 15 is 0 Å². The predicted molar refractivity (Wildman–Crippen MR) is 117 cm³/mol. The number of aryl methyl sites for hydroxylation is 1. The Labute approximate surface area is 177 Å². The van der Waals surface area contributed by atoms with Gasteiger partial charge in [-0.1, -0.05) is 31.5 Å². The van der Waals surface area contributed by atoms with Crippen LogP contribution in [0.25, 0.3) is 16.9 Å². The van der Waals surface area contributed by atoms with Crippen molar-refractivity contribution in [2.75, 3.05) is 13.2 Å². The molecule has 0 unspecified atom stereocenters. The Balaban J connectivity index is 2.09. The van der Waals surface area contributed by atoms with Crippen molar-refractivity contribution in [2.24, 2.45) is 5.92 Å². The lowest BCUT2D eigenvalue weighted by Gasteiger charge is -2.17. The van der Waals surface area contributed by atoms with Crippen LogP contribution in [0.4, 0.5) is 0 Å². The third-order valence-corrected chi connectivity index (χ3v) is 4.72. The van der Waals surface area contributed by atoms with E-state index in [1.807, 2.05) is 55.5 Å². The molecule has 0 saturated heterocycles. The van der Waals surface area contributed by atoms with Gasteiger partial charge < -0.3 is 14.0 Å². The van der Waals surface area contributed by atoms with Crippen molar-refractivity contribution in [1.82, 2.24) is 4.57 Å². The average Bonchev–Trinajstić information content (AvgIpc) is 3.08. The van der Waals surface area contributed by atoms with Crippen LogP contribution in [-0.4, -0.2) is 23.8 Å². The predicted octanol–water partition coefficient (Wildman–Crippen LogP) is 6.32. The average molecular weight is 412 g/mol. The molecule has 4 nitrogen and oxygen atoms in total. The molecule has 0 saturated carbocycles. The number of carbonyl (C=O) groups is 1. The first-order chi connectivity index (χ1) is 13.9. The lowest BCUT2D eigenvalue weighted by atomic mass is 10.1. The maximum atomic E-state index is 12.2. The monoisotopic (exact) mass is 411 g/mol. The number of ether oxygens (including phenoxy) is 2. The van der Waals surface area contributed by atoms with Crippen LogP contribution in [0.3, 0.4) is 0 Å². The number of carbonyl (C=O) groups excluding carboxylic acids is 1. The van der Waals surface area contributed by atoms with Gasteiger partial charge in [0.05, 0.1) is 24.5 Å². The largest absolute Gasteiger partial charge is 0.493 e. The summed E-state index contributed by atoms with van der Waals surface area (Å²) in [6.45, 7) is 9.02. The van der Waals surface area contributed by atoms with Crippen molar-refractivity contribution < 1.29 is 14.3 Å². The van der Waals surface area contributed by atoms with E-state index in [1.54, 1.807) is 13.0 Å². The first-order valence-corrected chi connectivity index (χ1v) is 10.2. The van der Waals surface area contributed by atoms with Crippen molar-refractivity contribution in [3.63, 3.8) is 0 Å². The lowest BCUT2D eigenvalue weighted by Crippen LogP contribution is -2.08. The highest BCUT2D eigenvalue weighted by Crippen LogP contribution is 2.36. The number of hydrogen-bond acceptors (Lipinski definition) is 3. The summed E-state index contributed by atoms with van der Waals surface area (Å²) in [5.41, 5.74) is 4.29. The van der Waals surface area contributed by atoms with Gasteiger partial charge in [0.25, 0.3) is 0 Å². The van der Waals surface area contributed by atoms with Crippen molar-refractivity contribution in [2.45, 2.75) is 27.7 Å². The molecule has 29 heavy (non-hydrogen) atoms. The van der Waals surface area contributed by atoms with Crippen LogP contribution in [0.1, 0.15) is 36.8 Å². The Kier molecular flexibility index (Phi) is 6.65. The van der Waals surface area contributed by atoms with Gasteiger partial charge in [0.1, 0.15) is 5.75 Å². The van der Waals surface area contributed by atoms with Gasteiger partial charge in [0, 0.05) is 22.0 Å². The molecule has 0 radical (unpaired) electrons. The van der Waals surface area contributed by atoms with E-state index in [4.69, 9.17) is 21.1 Å². The molecule has 5 heteroatoms. The first kappa shape index (κ1) is 21.0.